The van der Waals surface area contributed by atoms with Gasteiger partial charge in [0.2, 0.25) is 27.8 Å². The molecule has 39 heavy (non-hydrogen) atoms. The summed E-state index contributed by atoms with van der Waals surface area (Å²) >= 11 is 1.52. The molecule has 0 saturated carbocycles. The summed E-state index contributed by atoms with van der Waals surface area (Å²) in [6.07, 6.45) is 1.82. The van der Waals surface area contributed by atoms with Crippen molar-refractivity contribution >= 4 is 61.7 Å². The minimum Gasteiger partial charge on any atom is -0.324 e. The Bertz CT molecular complexity index is 1780. The molecule has 3 heterocycles. The van der Waals surface area contributed by atoms with Gasteiger partial charge in [-0.2, -0.15) is 4.98 Å². The predicted octanol–water partition coefficient (Wildman–Crippen LogP) is 3.98. The number of rotatable bonds is 8. The topological polar surface area (TPSA) is 148 Å². The van der Waals surface area contributed by atoms with Crippen LogP contribution in [0.25, 0.3) is 11.0 Å². The van der Waals surface area contributed by atoms with Crippen molar-refractivity contribution < 1.29 is 13.2 Å². The molecule has 200 valence electrons. The molecule has 0 radical (unpaired) electrons. The van der Waals surface area contributed by atoms with Gasteiger partial charge in [0.1, 0.15) is 0 Å². The summed E-state index contributed by atoms with van der Waals surface area (Å²) < 4.78 is 25.7. The van der Waals surface area contributed by atoms with Crippen LogP contribution in [-0.2, 0) is 21.2 Å². The van der Waals surface area contributed by atoms with Crippen molar-refractivity contribution in [3.05, 3.63) is 82.2 Å². The molecule has 4 N–H and O–H groups in total. The van der Waals surface area contributed by atoms with E-state index in [-0.39, 0.29) is 23.2 Å². The quantitative estimate of drug-likeness (QED) is 0.257. The van der Waals surface area contributed by atoms with Gasteiger partial charge < -0.3 is 5.32 Å². The van der Waals surface area contributed by atoms with E-state index in [0.29, 0.717) is 23.0 Å². The molecule has 11 nitrogen and oxygen atoms in total. The lowest BCUT2D eigenvalue weighted by Crippen LogP contribution is -2.29. The number of nitrogens with one attached hydrogen (secondary N) is 2. The van der Waals surface area contributed by atoms with Gasteiger partial charge in [-0.15, -0.1) is 11.3 Å². The molecule has 0 bridgehead atoms. The van der Waals surface area contributed by atoms with Crippen LogP contribution in [0.3, 0.4) is 0 Å². The Morgan fingerprint density at radius 2 is 1.90 bits per heavy atom. The van der Waals surface area contributed by atoms with E-state index in [2.05, 4.69) is 20.6 Å². The first-order chi connectivity index (χ1) is 18.6. The van der Waals surface area contributed by atoms with Gasteiger partial charge >= 0.3 is 0 Å². The normalized spacial score (nSPS) is 11.5. The maximum Gasteiger partial charge on any atom is 0.238 e. The summed E-state index contributed by atoms with van der Waals surface area (Å²) in [6, 6.07) is 16.2. The lowest BCUT2D eigenvalue weighted by Gasteiger charge is -2.23. The van der Waals surface area contributed by atoms with Crippen LogP contribution in [0.15, 0.2) is 71.1 Å². The van der Waals surface area contributed by atoms with Gasteiger partial charge in [-0.3, -0.25) is 15.1 Å². The third-order valence-electron chi connectivity index (χ3n) is 6.05. The van der Waals surface area contributed by atoms with Crippen LogP contribution in [0.2, 0.25) is 0 Å². The number of para-hydroxylation sites is 1. The highest BCUT2D eigenvalue weighted by molar-refractivity contribution is 7.89. The molecular formula is C26H26N8O3S2. The second-order valence-electron chi connectivity index (χ2n) is 8.91. The first-order valence-electron chi connectivity index (χ1n) is 11.9. The summed E-state index contributed by atoms with van der Waals surface area (Å²) in [5.74, 6) is 0.913. The largest absolute Gasteiger partial charge is 0.324 e. The number of benzene rings is 2. The van der Waals surface area contributed by atoms with Gasteiger partial charge in [-0.25, -0.2) is 28.2 Å². The summed E-state index contributed by atoms with van der Waals surface area (Å²) in [6.45, 7) is 3.63. The Kier molecular flexibility index (Phi) is 7.04. The Hall–Kier alpha value is -4.33. The fraction of sp³-hybridized carbons (Fsp3) is 0.154. The molecule has 2 aromatic carbocycles. The number of hydrogen-bond acceptors (Lipinski definition) is 9. The van der Waals surface area contributed by atoms with Crippen molar-refractivity contribution in [2.75, 3.05) is 22.7 Å². The van der Waals surface area contributed by atoms with Crippen LogP contribution in [0, 0.1) is 13.8 Å². The van der Waals surface area contributed by atoms with Crippen LogP contribution in [0.1, 0.15) is 16.0 Å². The van der Waals surface area contributed by atoms with Crippen LogP contribution in [0.4, 0.5) is 23.4 Å². The zero-order valence-electron chi connectivity index (χ0n) is 21.4. The van der Waals surface area contributed by atoms with Crippen LogP contribution >= 0.6 is 11.3 Å². The average Bonchev–Trinajstić information content (AvgIpc) is 3.52. The third-order valence-corrected chi connectivity index (χ3v) is 7.98. The first kappa shape index (κ1) is 26.3. The van der Waals surface area contributed by atoms with Crippen LogP contribution < -0.4 is 20.8 Å². The number of sulfonamides is 1. The lowest BCUT2D eigenvalue weighted by molar-refractivity contribution is -0.115. The molecule has 0 atom stereocenters. The predicted molar refractivity (Wildman–Crippen MR) is 153 cm³/mol. The van der Waals surface area contributed by atoms with Crippen molar-refractivity contribution in [3.63, 3.8) is 0 Å². The molecule has 0 aliphatic carbocycles. The van der Waals surface area contributed by atoms with Crippen molar-refractivity contribution in [2.24, 2.45) is 5.14 Å². The highest BCUT2D eigenvalue weighted by Gasteiger charge is 2.20. The second-order valence-corrected chi connectivity index (χ2v) is 11.5. The minimum absolute atomic E-state index is 0.0176. The van der Waals surface area contributed by atoms with E-state index in [1.54, 1.807) is 48.1 Å². The number of primary sulfonamides is 1. The van der Waals surface area contributed by atoms with E-state index in [0.717, 1.165) is 21.5 Å². The fourth-order valence-corrected chi connectivity index (χ4v) is 5.67. The number of carbonyl (C=O) groups is 1. The molecule has 13 heteroatoms. The molecule has 0 fully saturated rings. The number of anilines is 4. The average molecular weight is 563 g/mol. The number of fused-ring (bicyclic) bond motifs is 1. The number of aromatic nitrogens is 4. The van der Waals surface area contributed by atoms with Gasteiger partial charge in [-0.1, -0.05) is 24.3 Å². The molecule has 0 aliphatic heterocycles. The summed E-state index contributed by atoms with van der Waals surface area (Å²) in [5, 5.41) is 15.0. The summed E-state index contributed by atoms with van der Waals surface area (Å²) in [5.41, 5.74) is 3.50. The SMILES string of the molecule is Cc1ccc(Nc2nccc(N(C)n3c(NC(=O)Cc4cccs4)nc4c(C)cccc43)n2)cc1S(N)(=O)=O. The van der Waals surface area contributed by atoms with Crippen molar-refractivity contribution in [2.45, 2.75) is 25.2 Å². The van der Waals surface area contributed by atoms with Crippen LogP contribution in [0.5, 0.6) is 0 Å². The van der Waals surface area contributed by atoms with Crippen molar-refractivity contribution in [3.8, 4) is 0 Å². The van der Waals surface area contributed by atoms with E-state index in [4.69, 9.17) is 10.1 Å². The standard InChI is InChI=1S/C26H26N8O3S2/c1-16-9-10-18(14-21(16)39(27,36)37)29-25-28-12-11-22(30-25)33(3)34-20-8-4-6-17(2)24(20)32-26(34)31-23(35)15-19-7-5-13-38-19/h4-14H,15H2,1-3H3,(H2,27,36,37)(H,28,29,30)(H,31,32,35). The number of thiophene rings is 1. The maximum atomic E-state index is 12.9. The molecule has 3 aromatic heterocycles. The zero-order valence-corrected chi connectivity index (χ0v) is 23.0. The Balaban J connectivity index is 1.48. The van der Waals surface area contributed by atoms with Crippen LogP contribution in [-0.4, -0.2) is 41.0 Å². The zero-order chi connectivity index (χ0) is 27.7. The van der Waals surface area contributed by atoms with E-state index in [1.807, 2.05) is 42.6 Å². The minimum atomic E-state index is -3.89. The van der Waals surface area contributed by atoms with Gasteiger partial charge in [-0.05, 0) is 54.6 Å². The Morgan fingerprint density at radius 1 is 1.08 bits per heavy atom. The molecule has 5 rings (SSSR count). The number of nitrogens with two attached hydrogens (primary N) is 1. The van der Waals surface area contributed by atoms with Crippen molar-refractivity contribution in [1.82, 2.24) is 19.6 Å². The van der Waals surface area contributed by atoms with Gasteiger partial charge in [0.25, 0.3) is 0 Å². The van der Waals surface area contributed by atoms with Gasteiger partial charge in [0.15, 0.2) is 5.82 Å². The molecular weight excluding hydrogens is 536 g/mol. The number of amides is 1. The lowest BCUT2D eigenvalue weighted by atomic mass is 10.2. The Morgan fingerprint density at radius 3 is 2.64 bits per heavy atom. The van der Waals surface area contributed by atoms with Gasteiger partial charge in [0.05, 0.1) is 22.3 Å². The molecule has 0 saturated heterocycles. The smallest absolute Gasteiger partial charge is 0.238 e. The molecule has 0 aliphatic rings. The molecule has 1 amide bonds. The van der Waals surface area contributed by atoms with Crippen molar-refractivity contribution in [1.29, 1.82) is 0 Å². The maximum absolute atomic E-state index is 12.9. The number of hydrogen-bond donors (Lipinski definition) is 3. The monoisotopic (exact) mass is 562 g/mol. The number of carbonyl (C=O) groups excluding carboxylic acids is 1. The fourth-order valence-electron chi connectivity index (χ4n) is 4.16. The number of aryl methyl sites for hydroxylation is 2. The molecule has 0 spiro atoms. The summed E-state index contributed by atoms with van der Waals surface area (Å²) in [7, 11) is -2.09. The number of imidazole rings is 1. The second kappa shape index (κ2) is 10.4. The van der Waals surface area contributed by atoms with E-state index in [9.17, 15) is 13.2 Å². The van der Waals surface area contributed by atoms with E-state index in [1.165, 1.54) is 17.4 Å². The number of nitrogens with zero attached hydrogens (tertiary/aromatic N) is 5. The highest BCUT2D eigenvalue weighted by atomic mass is 32.2. The van der Waals surface area contributed by atoms with E-state index < -0.39 is 10.0 Å². The third kappa shape index (κ3) is 5.60. The first-order valence-corrected chi connectivity index (χ1v) is 14.3. The molecule has 5 aromatic rings. The highest BCUT2D eigenvalue weighted by Crippen LogP contribution is 2.27. The van der Waals surface area contributed by atoms with E-state index >= 15 is 0 Å². The molecule has 0 unspecified atom stereocenters. The Labute approximate surface area is 229 Å². The summed E-state index contributed by atoms with van der Waals surface area (Å²) in [4.78, 5) is 27.5. The van der Waals surface area contributed by atoms with Gasteiger partial charge in [0, 0.05) is 29.9 Å².